The van der Waals surface area contributed by atoms with Gasteiger partial charge in [0.25, 0.3) is 11.8 Å². The third kappa shape index (κ3) is 1.50. The highest BCUT2D eigenvalue weighted by Gasteiger charge is 2.60. The zero-order chi connectivity index (χ0) is 12.2. The topological polar surface area (TPSA) is 72.9 Å². The molecule has 7 heteroatoms. The maximum absolute atomic E-state index is 12.0. The van der Waals surface area contributed by atoms with Gasteiger partial charge >= 0.3 is 0 Å². The summed E-state index contributed by atoms with van der Waals surface area (Å²) in [5.74, 6) is -1.17. The van der Waals surface area contributed by atoms with Crippen molar-refractivity contribution in [2.24, 2.45) is 23.7 Å². The summed E-state index contributed by atoms with van der Waals surface area (Å²) in [5.41, 5.74) is 0. The molecule has 3 rings (SSSR count). The molecule has 1 heterocycles. The Morgan fingerprint density at radius 3 is 2.24 bits per heavy atom. The van der Waals surface area contributed by atoms with Crippen LogP contribution in [0, 0.1) is 23.7 Å². The van der Waals surface area contributed by atoms with Crippen LogP contribution in [0.25, 0.3) is 0 Å². The molecule has 2 amide bonds. The average molecular weight is 257 g/mol. The quantitative estimate of drug-likeness (QED) is 0.307. The first-order valence-corrected chi connectivity index (χ1v) is 6.82. The number of carbonyl (C=O) groups excluding carboxylic acids is 2. The van der Waals surface area contributed by atoms with E-state index in [4.69, 9.17) is 0 Å². The van der Waals surface area contributed by atoms with Crippen molar-refractivity contribution in [1.82, 2.24) is 5.06 Å². The Kier molecular flexibility index (Phi) is 2.42. The molecule has 0 N–H and O–H groups in total. The summed E-state index contributed by atoms with van der Waals surface area (Å²) in [6.45, 7) is 0. The highest BCUT2D eigenvalue weighted by Crippen LogP contribution is 2.52. The fraction of sp³-hybridized carbons (Fsp3) is 0.600. The van der Waals surface area contributed by atoms with Gasteiger partial charge in [-0.1, -0.05) is 17.1 Å². The van der Waals surface area contributed by atoms with Gasteiger partial charge in [0.2, 0.25) is 0 Å². The second-order valence-corrected chi connectivity index (χ2v) is 5.45. The van der Waals surface area contributed by atoms with Crippen LogP contribution in [0.3, 0.4) is 0 Å². The number of imide groups is 1. The van der Waals surface area contributed by atoms with Gasteiger partial charge in [0.15, 0.2) is 11.1 Å². The predicted molar refractivity (Wildman–Crippen MR) is 55.8 cm³/mol. The molecule has 3 aliphatic rings. The van der Waals surface area contributed by atoms with Crippen LogP contribution >= 0.6 is 0 Å². The molecule has 0 aromatic heterocycles. The van der Waals surface area contributed by atoms with E-state index in [0.29, 0.717) is 5.06 Å². The number of nitrogens with zero attached hydrogens (tertiary/aromatic N) is 1. The van der Waals surface area contributed by atoms with Crippen LogP contribution < -0.4 is 0 Å². The maximum Gasteiger partial charge on any atom is 0.260 e. The van der Waals surface area contributed by atoms with Gasteiger partial charge in [-0.25, -0.2) is 4.21 Å². The largest absolute Gasteiger partial charge is 0.272 e. The van der Waals surface area contributed by atoms with Crippen LogP contribution in [0.15, 0.2) is 12.2 Å². The molecule has 1 saturated carbocycles. The van der Waals surface area contributed by atoms with E-state index < -0.39 is 11.1 Å². The molecular weight excluding hydrogens is 246 g/mol. The number of amides is 2. The van der Waals surface area contributed by atoms with Gasteiger partial charge in [0, 0.05) is 6.26 Å². The molecule has 1 saturated heterocycles. The fourth-order valence-electron chi connectivity index (χ4n) is 3.02. The highest BCUT2D eigenvalue weighted by molar-refractivity contribution is 7.79. The Labute approximate surface area is 100 Å². The van der Waals surface area contributed by atoms with Crippen LogP contribution in [0.2, 0.25) is 0 Å². The van der Waals surface area contributed by atoms with Crippen molar-refractivity contribution in [1.29, 1.82) is 0 Å². The van der Waals surface area contributed by atoms with Gasteiger partial charge in [0.05, 0.1) is 11.8 Å². The van der Waals surface area contributed by atoms with Crippen LogP contribution in [0.1, 0.15) is 6.42 Å². The van der Waals surface area contributed by atoms with Gasteiger partial charge in [0.1, 0.15) is 0 Å². The van der Waals surface area contributed by atoms with Gasteiger partial charge in [-0.3, -0.25) is 9.59 Å². The molecule has 0 radical (unpaired) electrons. The summed E-state index contributed by atoms with van der Waals surface area (Å²) in [5, 5.41) is 0.614. The number of allylic oxidation sites excluding steroid dienone is 2. The van der Waals surface area contributed by atoms with Crippen molar-refractivity contribution in [3.8, 4) is 0 Å². The van der Waals surface area contributed by atoms with E-state index in [9.17, 15) is 13.8 Å². The summed E-state index contributed by atoms with van der Waals surface area (Å²) in [7, 11) is 0. The molecule has 5 unspecified atom stereocenters. The minimum atomic E-state index is -1.68. The van der Waals surface area contributed by atoms with Crippen LogP contribution in [0.5, 0.6) is 0 Å². The van der Waals surface area contributed by atoms with Gasteiger partial charge in [-0.05, 0) is 18.3 Å². The van der Waals surface area contributed by atoms with Crippen molar-refractivity contribution in [3.63, 3.8) is 0 Å². The summed E-state index contributed by atoms with van der Waals surface area (Å²) >= 11 is -1.68. The number of fused-ring (bicyclic) bond motifs is 5. The van der Waals surface area contributed by atoms with E-state index in [1.54, 1.807) is 0 Å². The van der Waals surface area contributed by atoms with Crippen LogP contribution in [0.4, 0.5) is 0 Å². The summed E-state index contributed by atoms with van der Waals surface area (Å²) in [6.07, 6.45) is 6.08. The standard InChI is InChI=1S/C10H11NO5S/c1-17(14)16-15-11-9(12)7-5-2-3-6(4-5)8(7)10(11)13/h2-3,5-8H,4H2,1H3. The van der Waals surface area contributed by atoms with E-state index in [2.05, 4.69) is 9.32 Å². The summed E-state index contributed by atoms with van der Waals surface area (Å²) in [4.78, 5) is 28.5. The zero-order valence-corrected chi connectivity index (χ0v) is 9.88. The highest BCUT2D eigenvalue weighted by atomic mass is 32.2. The second kappa shape index (κ2) is 3.72. The molecule has 1 aliphatic heterocycles. The Morgan fingerprint density at radius 2 is 1.76 bits per heavy atom. The van der Waals surface area contributed by atoms with Crippen LogP contribution in [-0.2, 0) is 30.0 Å². The fourth-order valence-corrected chi connectivity index (χ4v) is 3.17. The lowest BCUT2D eigenvalue weighted by atomic mass is 9.85. The van der Waals surface area contributed by atoms with E-state index in [0.717, 1.165) is 6.42 Å². The first-order valence-electron chi connectivity index (χ1n) is 5.34. The third-order valence-electron chi connectivity index (χ3n) is 3.63. The molecule has 17 heavy (non-hydrogen) atoms. The Bertz CT molecular complexity index is 418. The molecule has 5 atom stereocenters. The van der Waals surface area contributed by atoms with E-state index in [-0.39, 0.29) is 35.5 Å². The Hall–Kier alpha value is -1.05. The first-order chi connectivity index (χ1) is 8.09. The molecule has 0 spiro atoms. The molecule has 2 bridgehead atoms. The number of hydroxylamine groups is 2. The lowest BCUT2D eigenvalue weighted by molar-refractivity contribution is -0.328. The third-order valence-corrected chi connectivity index (χ3v) is 3.88. The normalized spacial score (nSPS) is 40.2. The summed E-state index contributed by atoms with van der Waals surface area (Å²) in [6, 6.07) is 0. The monoisotopic (exact) mass is 257 g/mol. The lowest BCUT2D eigenvalue weighted by Gasteiger charge is -2.13. The minimum Gasteiger partial charge on any atom is -0.272 e. The lowest BCUT2D eigenvalue weighted by Crippen LogP contribution is -2.33. The van der Waals surface area contributed by atoms with Crippen molar-refractivity contribution < 1.29 is 23.1 Å². The van der Waals surface area contributed by atoms with Crippen LogP contribution in [-0.4, -0.2) is 27.3 Å². The maximum atomic E-state index is 12.0. The smallest absolute Gasteiger partial charge is 0.260 e. The Balaban J connectivity index is 1.80. The molecule has 2 fully saturated rings. The van der Waals surface area contributed by atoms with Gasteiger partial charge in [-0.15, -0.1) is 9.40 Å². The second-order valence-electron chi connectivity index (χ2n) is 4.51. The minimum absolute atomic E-state index is 0.127. The molecule has 6 nitrogen and oxygen atoms in total. The Morgan fingerprint density at radius 1 is 1.24 bits per heavy atom. The molecule has 2 aliphatic carbocycles. The van der Waals surface area contributed by atoms with E-state index in [1.165, 1.54) is 6.26 Å². The van der Waals surface area contributed by atoms with E-state index >= 15 is 0 Å². The molecule has 0 aromatic carbocycles. The molecule has 0 aromatic rings. The summed E-state index contributed by atoms with van der Waals surface area (Å²) < 4.78 is 15.1. The van der Waals surface area contributed by atoms with Gasteiger partial charge < -0.3 is 0 Å². The van der Waals surface area contributed by atoms with Crippen molar-refractivity contribution in [2.45, 2.75) is 6.42 Å². The van der Waals surface area contributed by atoms with Crippen molar-refractivity contribution >= 4 is 22.9 Å². The average Bonchev–Trinajstić information content (AvgIpc) is 2.92. The van der Waals surface area contributed by atoms with Crippen molar-refractivity contribution in [2.75, 3.05) is 6.26 Å². The van der Waals surface area contributed by atoms with E-state index in [1.807, 2.05) is 12.2 Å². The number of hydrogen-bond acceptors (Lipinski definition) is 5. The van der Waals surface area contributed by atoms with Crippen molar-refractivity contribution in [3.05, 3.63) is 12.2 Å². The number of carbonyl (C=O) groups is 2. The molecule has 92 valence electrons. The first kappa shape index (κ1) is 11.1. The molecular formula is C10H11NO5S. The van der Waals surface area contributed by atoms with Gasteiger partial charge in [-0.2, -0.15) is 0 Å². The predicted octanol–water partition coefficient (Wildman–Crippen LogP) is -0.0498. The SMILES string of the molecule is CS(=O)OON1C(=O)C2C3C=CC(C3)C2C1=O. The number of hydrogen-bond donors (Lipinski definition) is 0. The zero-order valence-electron chi connectivity index (χ0n) is 9.07. The number of rotatable bonds is 3.